The maximum atomic E-state index is 12.1. The monoisotopic (exact) mass is 263 g/mol. The lowest BCUT2D eigenvalue weighted by molar-refractivity contribution is 0.0176. The maximum Gasteiger partial charge on any atom is 0.251 e. The minimum atomic E-state index is -0.0378. The van der Waals surface area contributed by atoms with Crippen LogP contribution in [0.15, 0.2) is 12.1 Å². The van der Waals surface area contributed by atoms with Gasteiger partial charge in [0.1, 0.15) is 5.82 Å². The molecule has 2 N–H and O–H groups in total. The van der Waals surface area contributed by atoms with E-state index in [0.717, 1.165) is 30.9 Å². The van der Waals surface area contributed by atoms with Crippen molar-refractivity contribution in [3.8, 4) is 0 Å². The molecule has 104 valence electrons. The Morgan fingerprint density at radius 1 is 1.47 bits per heavy atom. The number of amides is 1. The van der Waals surface area contributed by atoms with Crippen molar-refractivity contribution in [1.82, 2.24) is 10.3 Å². The third-order valence-corrected chi connectivity index (χ3v) is 3.34. The molecule has 1 aliphatic rings. The topological polar surface area (TPSA) is 63.2 Å². The summed E-state index contributed by atoms with van der Waals surface area (Å²) in [5, 5.41) is 6.15. The van der Waals surface area contributed by atoms with Gasteiger partial charge in [-0.1, -0.05) is 0 Å². The summed E-state index contributed by atoms with van der Waals surface area (Å²) in [6.45, 7) is 4.68. The van der Waals surface area contributed by atoms with E-state index in [0.29, 0.717) is 11.7 Å². The molecule has 0 unspecified atom stereocenters. The van der Waals surface area contributed by atoms with Gasteiger partial charge >= 0.3 is 0 Å². The second-order valence-corrected chi connectivity index (χ2v) is 4.91. The smallest absolute Gasteiger partial charge is 0.251 e. The lowest BCUT2D eigenvalue weighted by atomic mass is 9.89. The summed E-state index contributed by atoms with van der Waals surface area (Å²) < 4.78 is 5.20. The SMILES string of the molecule is CCNc1cc(C(=O)NC2CC(OC)C2)cc(C)n1. The highest BCUT2D eigenvalue weighted by Crippen LogP contribution is 2.23. The Morgan fingerprint density at radius 2 is 2.21 bits per heavy atom. The zero-order chi connectivity index (χ0) is 13.8. The number of carbonyl (C=O) groups is 1. The molecule has 0 bridgehead atoms. The lowest BCUT2D eigenvalue weighted by Gasteiger charge is -2.34. The quantitative estimate of drug-likeness (QED) is 0.849. The molecule has 0 aromatic carbocycles. The molecule has 19 heavy (non-hydrogen) atoms. The summed E-state index contributed by atoms with van der Waals surface area (Å²) in [4.78, 5) is 16.5. The highest BCUT2D eigenvalue weighted by molar-refractivity contribution is 5.95. The van der Waals surface area contributed by atoms with Gasteiger partial charge in [-0.25, -0.2) is 4.98 Å². The van der Waals surface area contributed by atoms with Crippen LogP contribution in [0.1, 0.15) is 35.8 Å². The molecule has 1 amide bonds. The molecule has 2 rings (SSSR count). The van der Waals surface area contributed by atoms with Gasteiger partial charge in [0.05, 0.1) is 6.10 Å². The highest BCUT2D eigenvalue weighted by Gasteiger charge is 2.30. The summed E-state index contributed by atoms with van der Waals surface area (Å²) in [6, 6.07) is 3.83. The van der Waals surface area contributed by atoms with Gasteiger partial charge in [0, 0.05) is 31.0 Å². The van der Waals surface area contributed by atoms with Crippen molar-refractivity contribution in [2.75, 3.05) is 19.0 Å². The van der Waals surface area contributed by atoms with Crippen molar-refractivity contribution in [2.45, 2.75) is 38.8 Å². The third-order valence-electron chi connectivity index (χ3n) is 3.34. The number of aryl methyl sites for hydroxylation is 1. The molecule has 1 aliphatic carbocycles. The van der Waals surface area contributed by atoms with Gasteiger partial charge in [0.2, 0.25) is 0 Å². The number of aromatic nitrogens is 1. The Bertz CT molecular complexity index is 456. The summed E-state index contributed by atoms with van der Waals surface area (Å²) in [5.41, 5.74) is 1.50. The first-order valence-electron chi connectivity index (χ1n) is 6.68. The fraction of sp³-hybridized carbons (Fsp3) is 0.571. The van der Waals surface area contributed by atoms with Crippen molar-refractivity contribution in [3.63, 3.8) is 0 Å². The fourth-order valence-electron chi connectivity index (χ4n) is 2.22. The molecular formula is C14H21N3O2. The van der Waals surface area contributed by atoms with Crippen LogP contribution in [0.4, 0.5) is 5.82 Å². The van der Waals surface area contributed by atoms with E-state index in [-0.39, 0.29) is 11.9 Å². The number of carbonyl (C=O) groups excluding carboxylic acids is 1. The van der Waals surface area contributed by atoms with Crippen LogP contribution in [0, 0.1) is 6.92 Å². The standard InChI is InChI=1S/C14H21N3O2/c1-4-15-13-6-10(5-9(2)16-13)14(18)17-11-7-12(8-11)19-3/h5-6,11-12H,4,7-8H2,1-3H3,(H,15,16)(H,17,18). The maximum absolute atomic E-state index is 12.1. The van der Waals surface area contributed by atoms with E-state index in [1.165, 1.54) is 0 Å². The average molecular weight is 263 g/mol. The Kier molecular flexibility index (Phi) is 4.37. The minimum Gasteiger partial charge on any atom is -0.381 e. The Labute approximate surface area is 113 Å². The first-order chi connectivity index (χ1) is 9.12. The second-order valence-electron chi connectivity index (χ2n) is 4.91. The van der Waals surface area contributed by atoms with Crippen LogP contribution in [0.25, 0.3) is 0 Å². The van der Waals surface area contributed by atoms with Crippen LogP contribution in [-0.2, 0) is 4.74 Å². The third kappa shape index (κ3) is 3.44. The molecule has 1 aromatic rings. The average Bonchev–Trinajstić information content (AvgIpc) is 2.32. The molecule has 0 atom stereocenters. The zero-order valence-electron chi connectivity index (χ0n) is 11.7. The Morgan fingerprint density at radius 3 is 2.84 bits per heavy atom. The Hall–Kier alpha value is -1.62. The van der Waals surface area contributed by atoms with Gasteiger partial charge in [0.15, 0.2) is 0 Å². The fourth-order valence-corrected chi connectivity index (χ4v) is 2.22. The largest absolute Gasteiger partial charge is 0.381 e. The van der Waals surface area contributed by atoms with Crippen molar-refractivity contribution in [3.05, 3.63) is 23.4 Å². The molecule has 0 saturated heterocycles. The molecule has 0 spiro atoms. The van der Waals surface area contributed by atoms with Gasteiger partial charge in [-0.15, -0.1) is 0 Å². The van der Waals surface area contributed by atoms with E-state index in [9.17, 15) is 4.79 Å². The molecule has 0 aliphatic heterocycles. The van der Waals surface area contributed by atoms with E-state index in [1.54, 1.807) is 13.2 Å². The van der Waals surface area contributed by atoms with E-state index in [2.05, 4.69) is 15.6 Å². The zero-order valence-corrected chi connectivity index (χ0v) is 11.7. The van der Waals surface area contributed by atoms with E-state index < -0.39 is 0 Å². The van der Waals surface area contributed by atoms with Gasteiger partial charge < -0.3 is 15.4 Å². The highest BCUT2D eigenvalue weighted by atomic mass is 16.5. The van der Waals surface area contributed by atoms with Crippen molar-refractivity contribution in [1.29, 1.82) is 0 Å². The minimum absolute atomic E-state index is 0.0378. The van der Waals surface area contributed by atoms with E-state index >= 15 is 0 Å². The predicted molar refractivity (Wildman–Crippen MR) is 74.4 cm³/mol. The number of pyridine rings is 1. The molecule has 0 radical (unpaired) electrons. The Balaban J connectivity index is 1.98. The van der Waals surface area contributed by atoms with Gasteiger partial charge in [-0.3, -0.25) is 4.79 Å². The van der Waals surface area contributed by atoms with E-state index in [1.807, 2.05) is 19.9 Å². The van der Waals surface area contributed by atoms with E-state index in [4.69, 9.17) is 4.74 Å². The summed E-state index contributed by atoms with van der Waals surface area (Å²) >= 11 is 0. The van der Waals surface area contributed by atoms with Gasteiger partial charge in [-0.2, -0.15) is 0 Å². The van der Waals surface area contributed by atoms with Crippen molar-refractivity contribution < 1.29 is 9.53 Å². The number of nitrogens with zero attached hydrogens (tertiary/aromatic N) is 1. The normalized spacial score (nSPS) is 21.6. The molecular weight excluding hydrogens is 242 g/mol. The van der Waals surface area contributed by atoms with Crippen LogP contribution in [-0.4, -0.2) is 36.7 Å². The molecule has 5 heteroatoms. The van der Waals surface area contributed by atoms with Gasteiger partial charge in [-0.05, 0) is 38.8 Å². The number of ether oxygens (including phenoxy) is 1. The van der Waals surface area contributed by atoms with Crippen LogP contribution in [0.5, 0.6) is 0 Å². The first kappa shape index (κ1) is 13.8. The molecule has 1 heterocycles. The molecule has 1 fully saturated rings. The summed E-state index contributed by atoms with van der Waals surface area (Å²) in [7, 11) is 1.71. The predicted octanol–water partition coefficient (Wildman–Crippen LogP) is 1.73. The number of methoxy groups -OCH3 is 1. The summed E-state index contributed by atoms with van der Waals surface area (Å²) in [5.74, 6) is 0.709. The lowest BCUT2D eigenvalue weighted by Crippen LogP contribution is -2.47. The molecule has 5 nitrogen and oxygen atoms in total. The van der Waals surface area contributed by atoms with Crippen LogP contribution < -0.4 is 10.6 Å². The van der Waals surface area contributed by atoms with Gasteiger partial charge in [0.25, 0.3) is 5.91 Å². The van der Waals surface area contributed by atoms with Crippen molar-refractivity contribution >= 4 is 11.7 Å². The second kappa shape index (κ2) is 6.02. The summed E-state index contributed by atoms with van der Waals surface area (Å²) in [6.07, 6.45) is 2.08. The molecule has 1 aromatic heterocycles. The number of anilines is 1. The molecule has 1 saturated carbocycles. The van der Waals surface area contributed by atoms with Crippen LogP contribution in [0.3, 0.4) is 0 Å². The first-order valence-corrected chi connectivity index (χ1v) is 6.68. The van der Waals surface area contributed by atoms with Crippen LogP contribution in [0.2, 0.25) is 0 Å². The number of hydrogen-bond acceptors (Lipinski definition) is 4. The number of hydrogen-bond donors (Lipinski definition) is 2. The van der Waals surface area contributed by atoms with Crippen molar-refractivity contribution in [2.24, 2.45) is 0 Å². The van der Waals surface area contributed by atoms with Crippen LogP contribution >= 0.6 is 0 Å². The number of nitrogens with one attached hydrogen (secondary N) is 2. The number of rotatable bonds is 5.